The molecule has 0 radical (unpaired) electrons. The summed E-state index contributed by atoms with van der Waals surface area (Å²) < 4.78 is 26.4. The zero-order valence-electron chi connectivity index (χ0n) is 16.8. The molecule has 2 aromatic carbocycles. The van der Waals surface area contributed by atoms with Crippen LogP contribution in [0.4, 0.5) is 4.39 Å². The van der Waals surface area contributed by atoms with Crippen molar-refractivity contribution in [2.45, 2.75) is 38.5 Å². The minimum absolute atomic E-state index is 0.221. The Bertz CT molecular complexity index is 962. The normalized spacial score (nSPS) is 11.1. The fourth-order valence-corrected chi connectivity index (χ4v) is 3.43. The van der Waals surface area contributed by atoms with Gasteiger partial charge < -0.3 is 15.3 Å². The van der Waals surface area contributed by atoms with Crippen LogP contribution >= 0.6 is 11.8 Å². The van der Waals surface area contributed by atoms with Gasteiger partial charge in [-0.15, -0.1) is 10.2 Å². The number of halogens is 1. The summed E-state index contributed by atoms with van der Waals surface area (Å²) in [5.74, 6) is 8.22. The third-order valence-corrected chi connectivity index (χ3v) is 5.20. The highest BCUT2D eigenvalue weighted by Crippen LogP contribution is 2.28. The SMILES string of the molecule is Cc1ccc(C(C)C)c(OCc2nnc(SCCOc3ccccc3F)n2N)c1. The van der Waals surface area contributed by atoms with Crippen molar-refractivity contribution < 1.29 is 13.9 Å². The van der Waals surface area contributed by atoms with Gasteiger partial charge in [0.25, 0.3) is 0 Å². The Morgan fingerprint density at radius 3 is 2.66 bits per heavy atom. The summed E-state index contributed by atoms with van der Waals surface area (Å²) in [5.41, 5.74) is 2.27. The first-order valence-electron chi connectivity index (χ1n) is 9.38. The van der Waals surface area contributed by atoms with E-state index in [1.165, 1.54) is 22.5 Å². The number of hydrogen-bond donors (Lipinski definition) is 1. The van der Waals surface area contributed by atoms with Crippen molar-refractivity contribution in [2.75, 3.05) is 18.2 Å². The third kappa shape index (κ3) is 5.41. The first kappa shape index (κ1) is 21.0. The molecule has 0 aliphatic carbocycles. The predicted molar refractivity (Wildman–Crippen MR) is 112 cm³/mol. The second-order valence-corrected chi connectivity index (χ2v) is 7.94. The summed E-state index contributed by atoms with van der Waals surface area (Å²) >= 11 is 1.39. The molecule has 6 nitrogen and oxygen atoms in total. The molecule has 0 unspecified atom stereocenters. The van der Waals surface area contributed by atoms with Crippen molar-refractivity contribution in [3.05, 3.63) is 65.2 Å². The highest BCUT2D eigenvalue weighted by Gasteiger charge is 2.13. The van der Waals surface area contributed by atoms with E-state index < -0.39 is 0 Å². The molecule has 0 aliphatic rings. The molecule has 0 saturated heterocycles. The molecule has 0 bridgehead atoms. The molecule has 0 amide bonds. The van der Waals surface area contributed by atoms with Crippen molar-refractivity contribution in [1.82, 2.24) is 14.9 Å². The van der Waals surface area contributed by atoms with Crippen molar-refractivity contribution in [3.63, 3.8) is 0 Å². The summed E-state index contributed by atoms with van der Waals surface area (Å²) in [6.45, 7) is 6.83. The molecular formula is C21H25FN4O2S. The predicted octanol–water partition coefficient (Wildman–Crippen LogP) is 4.31. The molecule has 1 heterocycles. The number of nitrogens with zero attached hydrogens (tertiary/aromatic N) is 3. The lowest BCUT2D eigenvalue weighted by Gasteiger charge is -2.14. The highest BCUT2D eigenvalue weighted by atomic mass is 32.2. The number of aromatic nitrogens is 3. The molecule has 29 heavy (non-hydrogen) atoms. The summed E-state index contributed by atoms with van der Waals surface area (Å²) in [5, 5.41) is 8.78. The van der Waals surface area contributed by atoms with Gasteiger partial charge in [0.2, 0.25) is 5.16 Å². The summed E-state index contributed by atoms with van der Waals surface area (Å²) in [4.78, 5) is 0. The zero-order chi connectivity index (χ0) is 20.8. The molecule has 0 spiro atoms. The molecule has 2 N–H and O–H groups in total. The van der Waals surface area contributed by atoms with Crippen LogP contribution in [0.3, 0.4) is 0 Å². The van der Waals surface area contributed by atoms with Crippen LogP contribution < -0.4 is 15.3 Å². The Labute approximate surface area is 174 Å². The van der Waals surface area contributed by atoms with Crippen molar-refractivity contribution >= 4 is 11.8 Å². The Kier molecular flexibility index (Phi) is 6.98. The van der Waals surface area contributed by atoms with Gasteiger partial charge in [0.1, 0.15) is 12.4 Å². The van der Waals surface area contributed by atoms with Gasteiger partial charge in [0.15, 0.2) is 17.4 Å². The number of aryl methyl sites for hydroxylation is 1. The number of para-hydroxylation sites is 1. The maximum atomic E-state index is 13.5. The first-order valence-corrected chi connectivity index (χ1v) is 10.4. The molecule has 1 aromatic heterocycles. The number of hydrogen-bond acceptors (Lipinski definition) is 6. The minimum Gasteiger partial charge on any atom is -0.490 e. The van der Waals surface area contributed by atoms with Crippen LogP contribution in [0, 0.1) is 12.7 Å². The van der Waals surface area contributed by atoms with Crippen LogP contribution in [0.1, 0.15) is 36.7 Å². The number of thioether (sulfide) groups is 1. The molecule has 0 fully saturated rings. The van der Waals surface area contributed by atoms with Gasteiger partial charge in [-0.2, -0.15) is 0 Å². The van der Waals surface area contributed by atoms with E-state index in [0.29, 0.717) is 29.3 Å². The summed E-state index contributed by atoms with van der Waals surface area (Å²) in [6, 6.07) is 12.5. The van der Waals surface area contributed by atoms with Gasteiger partial charge in [-0.3, -0.25) is 0 Å². The van der Waals surface area contributed by atoms with E-state index in [1.54, 1.807) is 18.2 Å². The Hall–Kier alpha value is -2.74. The number of rotatable bonds is 9. The molecule has 3 aromatic rings. The van der Waals surface area contributed by atoms with Crippen molar-refractivity contribution in [1.29, 1.82) is 0 Å². The lowest BCUT2D eigenvalue weighted by molar-refractivity contribution is 0.287. The Balaban J connectivity index is 1.55. The average Bonchev–Trinajstić information content (AvgIpc) is 3.04. The van der Waals surface area contributed by atoms with E-state index in [2.05, 4.69) is 36.2 Å². The second kappa shape index (κ2) is 9.65. The lowest BCUT2D eigenvalue weighted by Crippen LogP contribution is -2.16. The van der Waals surface area contributed by atoms with Gasteiger partial charge in [-0.1, -0.05) is 49.9 Å². The van der Waals surface area contributed by atoms with Crippen LogP contribution in [0.2, 0.25) is 0 Å². The van der Waals surface area contributed by atoms with Crippen molar-refractivity contribution in [3.8, 4) is 11.5 Å². The fraction of sp³-hybridized carbons (Fsp3) is 0.333. The Morgan fingerprint density at radius 1 is 1.10 bits per heavy atom. The van der Waals surface area contributed by atoms with E-state index in [4.69, 9.17) is 15.3 Å². The van der Waals surface area contributed by atoms with E-state index in [9.17, 15) is 4.39 Å². The number of nitrogens with two attached hydrogens (primary N) is 1. The van der Waals surface area contributed by atoms with E-state index >= 15 is 0 Å². The smallest absolute Gasteiger partial charge is 0.210 e. The van der Waals surface area contributed by atoms with E-state index in [1.807, 2.05) is 13.0 Å². The summed E-state index contributed by atoms with van der Waals surface area (Å²) in [7, 11) is 0. The highest BCUT2D eigenvalue weighted by molar-refractivity contribution is 7.99. The fourth-order valence-electron chi connectivity index (χ4n) is 2.74. The van der Waals surface area contributed by atoms with Crippen molar-refractivity contribution in [2.24, 2.45) is 0 Å². The van der Waals surface area contributed by atoms with Gasteiger partial charge in [0.05, 0.1) is 6.61 Å². The van der Waals surface area contributed by atoms with Crippen LogP contribution in [0.25, 0.3) is 0 Å². The number of ether oxygens (including phenoxy) is 2. The number of benzene rings is 2. The quantitative estimate of drug-likeness (QED) is 0.318. The minimum atomic E-state index is -0.379. The van der Waals surface area contributed by atoms with Gasteiger partial charge in [0, 0.05) is 5.75 Å². The molecule has 8 heteroatoms. The lowest BCUT2D eigenvalue weighted by atomic mass is 10.0. The standard InChI is InChI=1S/C21H25FN4O2S/c1-14(2)16-9-8-15(3)12-19(16)28-13-20-24-25-21(26(20)23)29-11-10-27-18-7-5-4-6-17(18)22/h4-9,12,14H,10-11,13,23H2,1-3H3. The van der Waals surface area contributed by atoms with Crippen LogP contribution in [0.15, 0.2) is 47.6 Å². The number of nitrogen functional groups attached to an aromatic ring is 1. The van der Waals surface area contributed by atoms with Crippen LogP contribution in [-0.2, 0) is 6.61 Å². The topological polar surface area (TPSA) is 75.2 Å². The Morgan fingerprint density at radius 2 is 1.90 bits per heavy atom. The van der Waals surface area contributed by atoms with Crippen LogP contribution in [0.5, 0.6) is 11.5 Å². The van der Waals surface area contributed by atoms with Gasteiger partial charge >= 0.3 is 0 Å². The van der Waals surface area contributed by atoms with Gasteiger partial charge in [-0.25, -0.2) is 9.07 Å². The first-order chi connectivity index (χ1) is 14.0. The van der Waals surface area contributed by atoms with Crippen LogP contribution in [-0.4, -0.2) is 27.2 Å². The third-order valence-electron chi connectivity index (χ3n) is 4.29. The average molecular weight is 417 g/mol. The molecule has 3 rings (SSSR count). The summed E-state index contributed by atoms with van der Waals surface area (Å²) in [6.07, 6.45) is 0. The van der Waals surface area contributed by atoms with E-state index in [0.717, 1.165) is 16.9 Å². The monoisotopic (exact) mass is 416 g/mol. The molecule has 0 atom stereocenters. The zero-order valence-corrected chi connectivity index (χ0v) is 17.6. The molecule has 0 saturated carbocycles. The largest absolute Gasteiger partial charge is 0.490 e. The molecular weight excluding hydrogens is 391 g/mol. The van der Waals surface area contributed by atoms with E-state index in [-0.39, 0.29) is 18.2 Å². The maximum absolute atomic E-state index is 13.5. The maximum Gasteiger partial charge on any atom is 0.210 e. The second-order valence-electron chi connectivity index (χ2n) is 6.88. The molecule has 0 aliphatic heterocycles. The molecule has 154 valence electrons. The van der Waals surface area contributed by atoms with Gasteiger partial charge in [-0.05, 0) is 42.2 Å².